The van der Waals surface area contributed by atoms with E-state index in [2.05, 4.69) is 14.8 Å². The van der Waals surface area contributed by atoms with Gasteiger partial charge < -0.3 is 19.5 Å². The summed E-state index contributed by atoms with van der Waals surface area (Å²) in [5.41, 5.74) is 0.435. The van der Waals surface area contributed by atoms with Gasteiger partial charge in [-0.15, -0.1) is 0 Å². The van der Waals surface area contributed by atoms with Gasteiger partial charge in [0, 0.05) is 11.9 Å². The van der Waals surface area contributed by atoms with Crippen LogP contribution in [0.15, 0.2) is 66.4 Å². The van der Waals surface area contributed by atoms with E-state index in [4.69, 9.17) is 4.74 Å². The van der Waals surface area contributed by atoms with Crippen LogP contribution in [0.25, 0.3) is 0 Å². The fourth-order valence-corrected chi connectivity index (χ4v) is 1.82. The number of para-hydroxylation sites is 1. The number of ether oxygens (including phenoxy) is 3. The Hall–Kier alpha value is -3.28. The summed E-state index contributed by atoms with van der Waals surface area (Å²) in [5.74, 6) is -0.162. The molecule has 124 valence electrons. The van der Waals surface area contributed by atoms with Crippen LogP contribution in [-0.4, -0.2) is 26.2 Å². The van der Waals surface area contributed by atoms with E-state index in [1.165, 1.54) is 20.4 Å². The number of esters is 2. The zero-order valence-corrected chi connectivity index (χ0v) is 13.3. The van der Waals surface area contributed by atoms with Crippen molar-refractivity contribution in [2.24, 2.45) is 0 Å². The average Bonchev–Trinajstić information content (AvgIpc) is 2.63. The molecule has 0 fully saturated rings. The first kappa shape index (κ1) is 17.1. The molecule has 2 aromatic carbocycles. The Morgan fingerprint density at radius 1 is 0.833 bits per heavy atom. The van der Waals surface area contributed by atoms with E-state index < -0.39 is 11.9 Å². The molecule has 0 amide bonds. The number of benzene rings is 2. The largest absolute Gasteiger partial charge is 0.465 e. The van der Waals surface area contributed by atoms with E-state index in [1.54, 1.807) is 24.3 Å². The van der Waals surface area contributed by atoms with Crippen molar-refractivity contribution in [1.29, 1.82) is 0 Å². The van der Waals surface area contributed by atoms with Crippen molar-refractivity contribution >= 4 is 17.6 Å². The Kier molecular flexibility index (Phi) is 5.96. The molecule has 0 saturated carbocycles. The van der Waals surface area contributed by atoms with Crippen LogP contribution in [0.3, 0.4) is 0 Å². The summed E-state index contributed by atoms with van der Waals surface area (Å²) >= 11 is 0. The predicted molar refractivity (Wildman–Crippen MR) is 88.7 cm³/mol. The topological polar surface area (TPSA) is 73.9 Å². The second kappa shape index (κ2) is 8.38. The second-order valence-corrected chi connectivity index (χ2v) is 4.63. The van der Waals surface area contributed by atoms with Crippen LogP contribution in [-0.2, 0) is 19.1 Å². The van der Waals surface area contributed by atoms with Gasteiger partial charge in [-0.2, -0.15) is 0 Å². The number of anilines is 1. The molecule has 0 aliphatic rings. The zero-order chi connectivity index (χ0) is 17.4. The van der Waals surface area contributed by atoms with E-state index in [1.807, 2.05) is 30.3 Å². The van der Waals surface area contributed by atoms with E-state index in [0.29, 0.717) is 11.4 Å². The van der Waals surface area contributed by atoms with Crippen LogP contribution >= 0.6 is 0 Å². The van der Waals surface area contributed by atoms with Gasteiger partial charge in [-0.25, -0.2) is 9.59 Å². The molecule has 0 atom stereocenters. The molecule has 0 bridgehead atoms. The first-order chi connectivity index (χ1) is 11.6. The number of methoxy groups -OCH3 is 2. The van der Waals surface area contributed by atoms with Gasteiger partial charge in [0.15, 0.2) is 5.57 Å². The Morgan fingerprint density at radius 2 is 1.38 bits per heavy atom. The van der Waals surface area contributed by atoms with Gasteiger partial charge >= 0.3 is 11.9 Å². The Bertz CT molecular complexity index is 705. The van der Waals surface area contributed by atoms with Gasteiger partial charge in [0.2, 0.25) is 0 Å². The molecule has 0 heterocycles. The fourth-order valence-electron chi connectivity index (χ4n) is 1.82. The summed E-state index contributed by atoms with van der Waals surface area (Å²) in [6.45, 7) is 0. The van der Waals surface area contributed by atoms with Crippen LogP contribution in [0.2, 0.25) is 0 Å². The quantitative estimate of drug-likeness (QED) is 0.380. The molecule has 0 saturated heterocycles. The van der Waals surface area contributed by atoms with Crippen LogP contribution in [0, 0.1) is 0 Å². The fraction of sp³-hybridized carbons (Fsp3) is 0.111. The average molecular weight is 327 g/mol. The van der Waals surface area contributed by atoms with Crippen molar-refractivity contribution in [3.63, 3.8) is 0 Å². The molecule has 2 rings (SSSR count). The summed E-state index contributed by atoms with van der Waals surface area (Å²) < 4.78 is 14.8. The van der Waals surface area contributed by atoms with E-state index >= 15 is 0 Å². The molecule has 1 N–H and O–H groups in total. The summed E-state index contributed by atoms with van der Waals surface area (Å²) in [4.78, 5) is 23.1. The molecule has 6 nitrogen and oxygen atoms in total. The second-order valence-electron chi connectivity index (χ2n) is 4.63. The van der Waals surface area contributed by atoms with Gasteiger partial charge in [-0.05, 0) is 36.4 Å². The number of carbonyl (C=O) groups excluding carboxylic acids is 2. The summed E-state index contributed by atoms with van der Waals surface area (Å²) in [6, 6.07) is 16.4. The third-order valence-electron chi connectivity index (χ3n) is 3.03. The minimum Gasteiger partial charge on any atom is -0.465 e. The van der Waals surface area contributed by atoms with Crippen molar-refractivity contribution in [3.8, 4) is 11.5 Å². The number of hydrogen-bond donors (Lipinski definition) is 1. The highest BCUT2D eigenvalue weighted by molar-refractivity contribution is 6.14. The molecule has 0 aromatic heterocycles. The standard InChI is InChI=1S/C18H17NO5/c1-22-17(20)16(18(21)23-2)12-19-13-8-10-15(11-9-13)24-14-6-4-3-5-7-14/h3-12,19H,1-2H3. The lowest BCUT2D eigenvalue weighted by atomic mass is 10.2. The van der Waals surface area contributed by atoms with Crippen LogP contribution in [0.1, 0.15) is 0 Å². The van der Waals surface area contributed by atoms with Crippen LogP contribution in [0.4, 0.5) is 5.69 Å². The van der Waals surface area contributed by atoms with Crippen molar-refractivity contribution in [3.05, 3.63) is 66.4 Å². The Labute approximate surface area is 139 Å². The SMILES string of the molecule is COC(=O)C(=CNc1ccc(Oc2ccccc2)cc1)C(=O)OC. The maximum Gasteiger partial charge on any atom is 0.346 e. The minimum atomic E-state index is -0.779. The highest BCUT2D eigenvalue weighted by Crippen LogP contribution is 2.22. The van der Waals surface area contributed by atoms with Gasteiger partial charge in [-0.1, -0.05) is 18.2 Å². The van der Waals surface area contributed by atoms with Gasteiger partial charge in [0.05, 0.1) is 14.2 Å². The van der Waals surface area contributed by atoms with Crippen LogP contribution < -0.4 is 10.1 Å². The normalized spacial score (nSPS) is 9.58. The third-order valence-corrected chi connectivity index (χ3v) is 3.03. The van der Waals surface area contributed by atoms with Crippen molar-refractivity contribution in [2.75, 3.05) is 19.5 Å². The molecular weight excluding hydrogens is 310 g/mol. The molecule has 0 aliphatic heterocycles. The lowest BCUT2D eigenvalue weighted by Gasteiger charge is -2.08. The maximum atomic E-state index is 11.5. The highest BCUT2D eigenvalue weighted by Gasteiger charge is 2.19. The maximum absolute atomic E-state index is 11.5. The smallest absolute Gasteiger partial charge is 0.346 e. The van der Waals surface area contributed by atoms with Gasteiger partial charge in [0.25, 0.3) is 0 Å². The molecular formula is C18H17NO5. The summed E-state index contributed by atoms with van der Waals surface area (Å²) in [5, 5.41) is 2.85. The van der Waals surface area contributed by atoms with Crippen molar-refractivity contribution < 1.29 is 23.8 Å². The van der Waals surface area contributed by atoms with E-state index in [9.17, 15) is 9.59 Å². The highest BCUT2D eigenvalue weighted by atomic mass is 16.5. The monoisotopic (exact) mass is 327 g/mol. The van der Waals surface area contributed by atoms with Gasteiger partial charge in [-0.3, -0.25) is 0 Å². The Balaban J connectivity index is 2.06. The minimum absolute atomic E-state index is 0.232. The van der Waals surface area contributed by atoms with Crippen molar-refractivity contribution in [1.82, 2.24) is 0 Å². The first-order valence-electron chi connectivity index (χ1n) is 7.10. The van der Waals surface area contributed by atoms with E-state index in [0.717, 1.165) is 5.75 Å². The molecule has 0 aliphatic carbocycles. The lowest BCUT2D eigenvalue weighted by Crippen LogP contribution is -2.17. The predicted octanol–water partition coefficient (Wildman–Crippen LogP) is 3.12. The molecule has 24 heavy (non-hydrogen) atoms. The Morgan fingerprint density at radius 3 is 1.92 bits per heavy atom. The number of rotatable bonds is 6. The third kappa shape index (κ3) is 4.61. The molecule has 0 unspecified atom stereocenters. The molecule has 6 heteroatoms. The number of nitrogens with one attached hydrogen (secondary N) is 1. The van der Waals surface area contributed by atoms with Gasteiger partial charge in [0.1, 0.15) is 11.5 Å². The summed E-state index contributed by atoms with van der Waals surface area (Å²) in [6.07, 6.45) is 1.24. The van der Waals surface area contributed by atoms with Crippen LogP contribution in [0.5, 0.6) is 11.5 Å². The molecule has 0 radical (unpaired) electrons. The lowest BCUT2D eigenvalue weighted by molar-refractivity contribution is -0.144. The number of hydrogen-bond acceptors (Lipinski definition) is 6. The number of carbonyl (C=O) groups is 2. The molecule has 2 aromatic rings. The van der Waals surface area contributed by atoms with Crippen molar-refractivity contribution in [2.45, 2.75) is 0 Å². The molecule has 0 spiro atoms. The summed E-state index contributed by atoms with van der Waals surface area (Å²) in [7, 11) is 2.38. The van der Waals surface area contributed by atoms with E-state index in [-0.39, 0.29) is 5.57 Å². The zero-order valence-electron chi connectivity index (χ0n) is 13.3. The first-order valence-corrected chi connectivity index (χ1v) is 7.10.